The molecule has 0 radical (unpaired) electrons. The van der Waals surface area contributed by atoms with E-state index in [4.69, 9.17) is 4.74 Å². The maximum Gasteiger partial charge on any atom is 0.419 e. The molecule has 1 aliphatic rings. The van der Waals surface area contributed by atoms with Crippen molar-refractivity contribution in [1.82, 2.24) is 15.5 Å². The second-order valence-electron chi connectivity index (χ2n) is 5.82. The summed E-state index contributed by atoms with van der Waals surface area (Å²) in [6.45, 7) is 1.96. The molecule has 1 aromatic rings. The van der Waals surface area contributed by atoms with E-state index in [-0.39, 0.29) is 31.0 Å². The minimum Gasteiger partial charge on any atom is -0.491 e. The highest BCUT2D eigenvalue weighted by atomic mass is 19.4. The first-order valence-electron chi connectivity index (χ1n) is 7.88. The van der Waals surface area contributed by atoms with E-state index in [2.05, 4.69) is 15.5 Å². The predicted octanol–water partition coefficient (Wildman–Crippen LogP) is 2.48. The Morgan fingerprint density at radius 3 is 2.62 bits per heavy atom. The van der Waals surface area contributed by atoms with Gasteiger partial charge in [-0.1, -0.05) is 12.1 Å². The number of para-hydroxylation sites is 1. The van der Waals surface area contributed by atoms with Crippen molar-refractivity contribution in [3.63, 3.8) is 0 Å². The van der Waals surface area contributed by atoms with Crippen LogP contribution in [0.4, 0.5) is 18.0 Å². The lowest BCUT2D eigenvalue weighted by molar-refractivity contribution is -0.138. The first-order chi connectivity index (χ1) is 11.4. The zero-order chi connectivity index (χ0) is 17.6. The number of rotatable bonds is 5. The lowest BCUT2D eigenvalue weighted by Crippen LogP contribution is -2.47. The van der Waals surface area contributed by atoms with Gasteiger partial charge in [0.05, 0.1) is 12.1 Å². The maximum absolute atomic E-state index is 12.8. The minimum absolute atomic E-state index is 0.0338. The number of amides is 2. The molecule has 1 saturated heterocycles. The van der Waals surface area contributed by atoms with E-state index in [0.717, 1.165) is 32.0 Å². The topological polar surface area (TPSA) is 53.6 Å². The third-order valence-corrected chi connectivity index (χ3v) is 3.89. The van der Waals surface area contributed by atoms with Crippen molar-refractivity contribution in [3.05, 3.63) is 29.8 Å². The number of alkyl halides is 3. The van der Waals surface area contributed by atoms with Crippen molar-refractivity contribution in [2.75, 3.05) is 33.3 Å². The van der Waals surface area contributed by atoms with E-state index in [9.17, 15) is 18.0 Å². The summed E-state index contributed by atoms with van der Waals surface area (Å²) in [6, 6.07) is 4.83. The van der Waals surface area contributed by atoms with E-state index in [1.54, 1.807) is 0 Å². The number of carbonyl (C=O) groups is 1. The van der Waals surface area contributed by atoms with Gasteiger partial charge in [-0.15, -0.1) is 0 Å². The van der Waals surface area contributed by atoms with E-state index in [1.807, 2.05) is 7.05 Å². The number of urea groups is 1. The molecule has 0 atom stereocenters. The van der Waals surface area contributed by atoms with Gasteiger partial charge in [0.2, 0.25) is 0 Å². The molecule has 0 saturated carbocycles. The van der Waals surface area contributed by atoms with Crippen molar-refractivity contribution in [2.24, 2.45) is 0 Å². The van der Waals surface area contributed by atoms with E-state index in [1.165, 1.54) is 18.2 Å². The Bertz CT molecular complexity index is 544. The van der Waals surface area contributed by atoms with Crippen LogP contribution in [0.1, 0.15) is 18.4 Å². The van der Waals surface area contributed by atoms with Crippen LogP contribution >= 0.6 is 0 Å². The molecular formula is C16H22F3N3O2. The van der Waals surface area contributed by atoms with Crippen molar-refractivity contribution in [1.29, 1.82) is 0 Å². The van der Waals surface area contributed by atoms with Gasteiger partial charge in [-0.25, -0.2) is 4.79 Å². The summed E-state index contributed by atoms with van der Waals surface area (Å²) in [7, 11) is 2.03. The summed E-state index contributed by atoms with van der Waals surface area (Å²) in [5, 5.41) is 5.46. The lowest BCUT2D eigenvalue weighted by Gasteiger charge is -2.29. The van der Waals surface area contributed by atoms with Crippen LogP contribution in [-0.2, 0) is 6.18 Å². The summed E-state index contributed by atoms with van der Waals surface area (Å²) in [5.74, 6) is -0.234. The molecule has 0 unspecified atom stereocenters. The molecule has 134 valence electrons. The number of likely N-dealkylation sites (tertiary alicyclic amines) is 1. The minimum atomic E-state index is -4.46. The molecule has 0 aromatic heterocycles. The molecule has 2 amide bonds. The van der Waals surface area contributed by atoms with Gasteiger partial charge < -0.3 is 20.3 Å². The number of piperidine rings is 1. The quantitative estimate of drug-likeness (QED) is 0.806. The second-order valence-corrected chi connectivity index (χ2v) is 5.82. The number of benzene rings is 1. The number of carbonyl (C=O) groups excluding carboxylic acids is 1. The summed E-state index contributed by atoms with van der Waals surface area (Å²) in [5.41, 5.74) is -0.819. The highest BCUT2D eigenvalue weighted by Crippen LogP contribution is 2.35. The molecule has 0 aliphatic carbocycles. The van der Waals surface area contributed by atoms with Crippen LogP contribution in [0.2, 0.25) is 0 Å². The second kappa shape index (κ2) is 8.23. The smallest absolute Gasteiger partial charge is 0.419 e. The van der Waals surface area contributed by atoms with Gasteiger partial charge in [-0.05, 0) is 45.1 Å². The molecule has 1 fully saturated rings. The number of nitrogens with zero attached hydrogens (tertiary/aromatic N) is 1. The molecule has 1 aliphatic heterocycles. The molecule has 1 aromatic carbocycles. The molecule has 1 heterocycles. The Morgan fingerprint density at radius 1 is 1.29 bits per heavy atom. The van der Waals surface area contributed by atoms with Crippen molar-refractivity contribution in [3.8, 4) is 5.75 Å². The van der Waals surface area contributed by atoms with Gasteiger partial charge in [-0.3, -0.25) is 0 Å². The average molecular weight is 345 g/mol. The third kappa shape index (κ3) is 5.59. The van der Waals surface area contributed by atoms with Crippen LogP contribution in [-0.4, -0.2) is 50.3 Å². The zero-order valence-corrected chi connectivity index (χ0v) is 13.5. The first-order valence-corrected chi connectivity index (χ1v) is 7.88. The highest BCUT2D eigenvalue weighted by Gasteiger charge is 2.33. The Balaban J connectivity index is 1.71. The van der Waals surface area contributed by atoms with E-state index in [0.29, 0.717) is 0 Å². The molecule has 24 heavy (non-hydrogen) atoms. The summed E-state index contributed by atoms with van der Waals surface area (Å²) >= 11 is 0. The fourth-order valence-electron chi connectivity index (χ4n) is 2.54. The molecule has 0 bridgehead atoms. The monoisotopic (exact) mass is 345 g/mol. The average Bonchev–Trinajstić information content (AvgIpc) is 2.53. The van der Waals surface area contributed by atoms with Gasteiger partial charge in [0.15, 0.2) is 0 Å². The van der Waals surface area contributed by atoms with Crippen molar-refractivity contribution < 1.29 is 22.7 Å². The summed E-state index contributed by atoms with van der Waals surface area (Å²) in [6.07, 6.45) is -2.69. The van der Waals surface area contributed by atoms with Crippen molar-refractivity contribution in [2.45, 2.75) is 25.1 Å². The van der Waals surface area contributed by atoms with Crippen LogP contribution in [0.25, 0.3) is 0 Å². The highest BCUT2D eigenvalue weighted by molar-refractivity contribution is 5.74. The maximum atomic E-state index is 12.8. The van der Waals surface area contributed by atoms with Gasteiger partial charge in [-0.2, -0.15) is 13.2 Å². The Kier molecular flexibility index (Phi) is 6.30. The van der Waals surface area contributed by atoms with Gasteiger partial charge in [0, 0.05) is 6.04 Å². The standard InChI is InChI=1S/C16H22F3N3O2/c1-22-9-6-12(7-10-22)21-15(23)20-8-11-24-14-5-3-2-4-13(14)16(17,18)19/h2-5,12H,6-11H2,1H3,(H2,20,21,23). The van der Waals surface area contributed by atoms with Crippen molar-refractivity contribution >= 4 is 6.03 Å². The predicted molar refractivity (Wildman–Crippen MR) is 84.0 cm³/mol. The third-order valence-electron chi connectivity index (χ3n) is 3.89. The number of ether oxygens (including phenoxy) is 1. The van der Waals surface area contributed by atoms with Crippen LogP contribution in [0.3, 0.4) is 0 Å². The Morgan fingerprint density at radius 2 is 1.96 bits per heavy atom. The Labute approximate surface area is 139 Å². The molecule has 5 nitrogen and oxygen atoms in total. The summed E-state index contributed by atoms with van der Waals surface area (Å²) in [4.78, 5) is 14.0. The van der Waals surface area contributed by atoms with Crippen LogP contribution in [0, 0.1) is 0 Å². The van der Waals surface area contributed by atoms with Gasteiger partial charge in [0.25, 0.3) is 0 Å². The van der Waals surface area contributed by atoms with E-state index < -0.39 is 11.7 Å². The summed E-state index contributed by atoms with van der Waals surface area (Å²) < 4.78 is 43.6. The number of nitrogens with one attached hydrogen (secondary N) is 2. The van der Waals surface area contributed by atoms with Gasteiger partial charge in [0.1, 0.15) is 12.4 Å². The number of hydrogen-bond donors (Lipinski definition) is 2. The van der Waals surface area contributed by atoms with Crippen LogP contribution in [0.15, 0.2) is 24.3 Å². The van der Waals surface area contributed by atoms with Gasteiger partial charge >= 0.3 is 12.2 Å². The normalized spacial score (nSPS) is 16.7. The number of hydrogen-bond acceptors (Lipinski definition) is 3. The lowest BCUT2D eigenvalue weighted by atomic mass is 10.1. The molecule has 2 N–H and O–H groups in total. The Hall–Kier alpha value is -1.96. The van der Waals surface area contributed by atoms with Crippen LogP contribution in [0.5, 0.6) is 5.75 Å². The molecule has 8 heteroatoms. The molecule has 2 rings (SSSR count). The SMILES string of the molecule is CN1CCC(NC(=O)NCCOc2ccccc2C(F)(F)F)CC1. The van der Waals surface area contributed by atoms with Crippen LogP contribution < -0.4 is 15.4 Å². The fourth-order valence-corrected chi connectivity index (χ4v) is 2.54. The largest absolute Gasteiger partial charge is 0.491 e. The number of halogens is 3. The molecule has 0 spiro atoms. The fraction of sp³-hybridized carbons (Fsp3) is 0.562. The molecular weight excluding hydrogens is 323 g/mol. The first kappa shape index (κ1) is 18.4. The van der Waals surface area contributed by atoms with E-state index >= 15 is 0 Å². The zero-order valence-electron chi connectivity index (χ0n) is 13.5.